The van der Waals surface area contributed by atoms with Gasteiger partial charge >= 0.3 is 0 Å². The van der Waals surface area contributed by atoms with Gasteiger partial charge in [-0.25, -0.2) is 0 Å². The van der Waals surface area contributed by atoms with Crippen LogP contribution in [0.15, 0.2) is 41.6 Å². The summed E-state index contributed by atoms with van der Waals surface area (Å²) in [5.41, 5.74) is 5.93. The number of nitrogens with zero attached hydrogens (tertiary/aromatic N) is 3. The van der Waals surface area contributed by atoms with Crippen LogP contribution in [0, 0.1) is 20.8 Å². The van der Waals surface area contributed by atoms with E-state index < -0.39 is 0 Å². The van der Waals surface area contributed by atoms with Crippen molar-refractivity contribution in [2.45, 2.75) is 44.5 Å². The van der Waals surface area contributed by atoms with E-state index in [9.17, 15) is 4.79 Å². The molecule has 2 aromatic carbocycles. The molecule has 0 spiro atoms. The highest BCUT2D eigenvalue weighted by Crippen LogP contribution is 2.32. The molecule has 0 radical (unpaired) electrons. The largest absolute Gasteiger partial charge is 0.325 e. The van der Waals surface area contributed by atoms with E-state index in [0.29, 0.717) is 27.3 Å². The summed E-state index contributed by atoms with van der Waals surface area (Å²) in [4.78, 5) is 13.0. The predicted molar refractivity (Wildman–Crippen MR) is 130 cm³/mol. The predicted octanol–water partition coefficient (Wildman–Crippen LogP) is 6.62. The molecule has 0 fully saturated rings. The van der Waals surface area contributed by atoms with Crippen LogP contribution in [0.2, 0.25) is 10.0 Å². The van der Waals surface area contributed by atoms with E-state index >= 15 is 0 Å². The zero-order valence-corrected chi connectivity index (χ0v) is 20.0. The van der Waals surface area contributed by atoms with Gasteiger partial charge in [0.05, 0.1) is 10.8 Å². The number of thioether (sulfide) groups is 1. The highest BCUT2D eigenvalue weighted by Gasteiger charge is 2.23. The SMILES string of the molecule is CCC(Sc1nnc2cc(C)c3cc(C)cc(C)c3n12)C(=O)Nc1cc(Cl)cc(Cl)c1. The fourth-order valence-corrected chi connectivity index (χ4v) is 5.28. The Morgan fingerprint density at radius 2 is 1.74 bits per heavy atom. The summed E-state index contributed by atoms with van der Waals surface area (Å²) in [6.07, 6.45) is 0.627. The van der Waals surface area contributed by atoms with Crippen LogP contribution < -0.4 is 5.32 Å². The zero-order chi connectivity index (χ0) is 22.3. The van der Waals surface area contributed by atoms with Gasteiger partial charge in [-0.3, -0.25) is 9.20 Å². The van der Waals surface area contributed by atoms with Crippen LogP contribution in [-0.4, -0.2) is 25.8 Å². The van der Waals surface area contributed by atoms with Gasteiger partial charge in [0, 0.05) is 21.1 Å². The molecule has 2 aromatic heterocycles. The second-order valence-electron chi connectivity index (χ2n) is 7.64. The molecule has 2 heterocycles. The molecule has 5 nitrogen and oxygen atoms in total. The topological polar surface area (TPSA) is 59.3 Å². The highest BCUT2D eigenvalue weighted by molar-refractivity contribution is 8.00. The van der Waals surface area contributed by atoms with Crippen LogP contribution in [0.25, 0.3) is 16.6 Å². The molecule has 1 atom stereocenters. The summed E-state index contributed by atoms with van der Waals surface area (Å²) in [5, 5.41) is 14.1. The van der Waals surface area contributed by atoms with Gasteiger partial charge < -0.3 is 5.32 Å². The van der Waals surface area contributed by atoms with Gasteiger partial charge in [0.15, 0.2) is 10.8 Å². The van der Waals surface area contributed by atoms with E-state index in [1.165, 1.54) is 17.3 Å². The normalized spacial score (nSPS) is 12.5. The molecule has 0 aliphatic carbocycles. The Hall–Kier alpha value is -2.28. The lowest BCUT2D eigenvalue weighted by Gasteiger charge is -2.15. The molecule has 1 unspecified atom stereocenters. The summed E-state index contributed by atoms with van der Waals surface area (Å²) in [6.45, 7) is 8.25. The number of rotatable bonds is 5. The Balaban J connectivity index is 1.71. The van der Waals surface area contributed by atoms with E-state index in [4.69, 9.17) is 23.2 Å². The van der Waals surface area contributed by atoms with Crippen molar-refractivity contribution in [3.8, 4) is 0 Å². The smallest absolute Gasteiger partial charge is 0.237 e. The molecule has 0 aliphatic heterocycles. The average molecular weight is 473 g/mol. The number of nitrogens with one attached hydrogen (secondary N) is 1. The molecule has 0 bridgehead atoms. The summed E-state index contributed by atoms with van der Waals surface area (Å²) < 4.78 is 2.05. The molecule has 160 valence electrons. The highest BCUT2D eigenvalue weighted by atomic mass is 35.5. The molecule has 31 heavy (non-hydrogen) atoms. The minimum Gasteiger partial charge on any atom is -0.325 e. The van der Waals surface area contributed by atoms with Crippen molar-refractivity contribution in [3.05, 3.63) is 63.1 Å². The van der Waals surface area contributed by atoms with Crippen LogP contribution in [-0.2, 0) is 4.79 Å². The van der Waals surface area contributed by atoms with Crippen molar-refractivity contribution >= 4 is 63.1 Å². The monoisotopic (exact) mass is 472 g/mol. The number of amides is 1. The fraction of sp³-hybridized carbons (Fsp3) is 0.261. The van der Waals surface area contributed by atoms with Crippen LogP contribution >= 0.6 is 35.0 Å². The molecule has 0 saturated heterocycles. The zero-order valence-electron chi connectivity index (χ0n) is 17.7. The second-order valence-corrected chi connectivity index (χ2v) is 9.69. The summed E-state index contributed by atoms with van der Waals surface area (Å²) in [5.74, 6) is -0.133. The summed E-state index contributed by atoms with van der Waals surface area (Å²) in [7, 11) is 0. The molecule has 0 saturated carbocycles. The maximum absolute atomic E-state index is 13.0. The Kier molecular flexibility index (Phi) is 6.15. The van der Waals surface area contributed by atoms with E-state index in [-0.39, 0.29) is 11.2 Å². The van der Waals surface area contributed by atoms with E-state index in [1.54, 1.807) is 18.2 Å². The average Bonchev–Trinajstić information content (AvgIpc) is 3.07. The second kappa shape index (κ2) is 8.69. The number of pyridine rings is 1. The van der Waals surface area contributed by atoms with E-state index in [1.807, 2.05) is 17.4 Å². The molecule has 1 amide bonds. The van der Waals surface area contributed by atoms with Crippen molar-refractivity contribution < 1.29 is 4.79 Å². The minimum atomic E-state index is -0.354. The standard InChI is InChI=1S/C23H22Cl2N4OS/c1-5-19(22(30)26-17-10-15(24)9-16(25)11-17)31-23-28-27-20-8-13(3)18-7-12(2)6-14(4)21(18)29(20)23/h6-11,19H,5H2,1-4H3,(H,26,30). The lowest BCUT2D eigenvalue weighted by molar-refractivity contribution is -0.115. The van der Waals surface area contributed by atoms with Crippen LogP contribution in [0.5, 0.6) is 0 Å². The number of fused-ring (bicyclic) bond motifs is 3. The van der Waals surface area contributed by atoms with Crippen molar-refractivity contribution in [1.29, 1.82) is 0 Å². The molecule has 4 aromatic rings. The van der Waals surface area contributed by atoms with Gasteiger partial charge in [-0.05, 0) is 68.7 Å². The minimum absolute atomic E-state index is 0.133. The van der Waals surface area contributed by atoms with Crippen LogP contribution in [0.4, 0.5) is 5.69 Å². The Morgan fingerprint density at radius 3 is 2.42 bits per heavy atom. The first-order chi connectivity index (χ1) is 14.8. The van der Waals surface area contributed by atoms with Crippen LogP contribution in [0.3, 0.4) is 0 Å². The number of anilines is 1. The van der Waals surface area contributed by atoms with Crippen molar-refractivity contribution in [3.63, 3.8) is 0 Å². The van der Waals surface area contributed by atoms with Gasteiger partial charge in [0.2, 0.25) is 5.91 Å². The van der Waals surface area contributed by atoms with Gasteiger partial charge in [0.25, 0.3) is 0 Å². The number of carbonyl (C=O) groups excluding carboxylic acids is 1. The lowest BCUT2D eigenvalue weighted by Crippen LogP contribution is -2.24. The first kappa shape index (κ1) is 21.9. The molecular formula is C23H22Cl2N4OS. The number of aryl methyl sites for hydroxylation is 3. The van der Waals surface area contributed by atoms with E-state index in [2.05, 4.69) is 48.4 Å². The Morgan fingerprint density at radius 1 is 1.03 bits per heavy atom. The Labute approximate surface area is 195 Å². The maximum atomic E-state index is 13.0. The third kappa shape index (κ3) is 4.38. The molecule has 4 rings (SSSR count). The van der Waals surface area contributed by atoms with Crippen molar-refractivity contribution in [2.24, 2.45) is 0 Å². The first-order valence-electron chi connectivity index (χ1n) is 9.96. The lowest BCUT2D eigenvalue weighted by atomic mass is 10.0. The number of hydrogen-bond acceptors (Lipinski definition) is 4. The number of benzene rings is 2. The third-order valence-electron chi connectivity index (χ3n) is 5.14. The third-order valence-corrected chi connectivity index (χ3v) is 6.88. The first-order valence-corrected chi connectivity index (χ1v) is 11.6. The van der Waals surface area contributed by atoms with Crippen molar-refractivity contribution in [1.82, 2.24) is 14.6 Å². The van der Waals surface area contributed by atoms with Gasteiger partial charge in [-0.2, -0.15) is 0 Å². The molecule has 8 heteroatoms. The quantitative estimate of drug-likeness (QED) is 0.331. The maximum Gasteiger partial charge on any atom is 0.237 e. The van der Waals surface area contributed by atoms with Crippen LogP contribution in [0.1, 0.15) is 30.0 Å². The molecule has 0 aliphatic rings. The summed E-state index contributed by atoms with van der Waals surface area (Å²) >= 11 is 13.5. The number of aromatic nitrogens is 3. The van der Waals surface area contributed by atoms with E-state index in [0.717, 1.165) is 27.7 Å². The number of halogens is 2. The Bertz CT molecular complexity index is 1300. The van der Waals surface area contributed by atoms with Crippen molar-refractivity contribution in [2.75, 3.05) is 5.32 Å². The summed E-state index contributed by atoms with van der Waals surface area (Å²) in [6, 6.07) is 11.4. The fourth-order valence-electron chi connectivity index (χ4n) is 3.79. The van der Waals surface area contributed by atoms with Gasteiger partial charge in [-0.1, -0.05) is 53.5 Å². The molecule has 1 N–H and O–H groups in total. The number of carbonyl (C=O) groups is 1. The van der Waals surface area contributed by atoms with Gasteiger partial charge in [-0.15, -0.1) is 10.2 Å². The molecular weight excluding hydrogens is 451 g/mol. The van der Waals surface area contributed by atoms with Gasteiger partial charge in [0.1, 0.15) is 0 Å². The number of hydrogen-bond donors (Lipinski definition) is 1.